The largest absolute Gasteiger partial charge is 0.495 e. The highest BCUT2D eigenvalue weighted by Crippen LogP contribution is 2.37. The van der Waals surface area contributed by atoms with Crippen molar-refractivity contribution in [1.29, 1.82) is 0 Å². The van der Waals surface area contributed by atoms with E-state index in [1.807, 2.05) is 0 Å². The van der Waals surface area contributed by atoms with E-state index in [-0.39, 0.29) is 22.4 Å². The molecular formula is C19H25N3O5S. The number of nitrogens with one attached hydrogen (secondary N) is 1. The van der Waals surface area contributed by atoms with E-state index in [1.165, 1.54) is 18.3 Å². The lowest BCUT2D eigenvalue weighted by Gasteiger charge is -2.30. The van der Waals surface area contributed by atoms with Crippen LogP contribution in [-0.2, 0) is 14.8 Å². The van der Waals surface area contributed by atoms with Crippen LogP contribution in [0, 0.1) is 12.8 Å². The van der Waals surface area contributed by atoms with Gasteiger partial charge in [-0.1, -0.05) is 18.1 Å². The molecule has 0 spiro atoms. The predicted octanol–water partition coefficient (Wildman–Crippen LogP) is 3.04. The summed E-state index contributed by atoms with van der Waals surface area (Å²) in [5.41, 5.74) is 1.66. The Hall–Kier alpha value is -2.39. The Morgan fingerprint density at radius 3 is 2.61 bits per heavy atom. The fourth-order valence-corrected chi connectivity index (χ4v) is 5.00. The highest BCUT2D eigenvalue weighted by molar-refractivity contribution is 7.89. The summed E-state index contributed by atoms with van der Waals surface area (Å²) in [5, 5.41) is 6.49. The molecule has 0 aliphatic carbocycles. The number of carbonyl (C=O) groups is 1. The predicted molar refractivity (Wildman–Crippen MR) is 105 cm³/mol. The molecule has 152 valence electrons. The molecule has 0 unspecified atom stereocenters. The van der Waals surface area contributed by atoms with E-state index in [1.54, 1.807) is 25.1 Å². The van der Waals surface area contributed by atoms with Crippen LogP contribution in [0.3, 0.4) is 0 Å². The van der Waals surface area contributed by atoms with Crippen molar-refractivity contribution in [3.05, 3.63) is 23.9 Å². The smallest absolute Gasteiger partial charge is 0.246 e. The lowest BCUT2D eigenvalue weighted by Crippen LogP contribution is -2.38. The van der Waals surface area contributed by atoms with E-state index in [9.17, 15) is 13.2 Å². The van der Waals surface area contributed by atoms with Gasteiger partial charge in [0, 0.05) is 20.0 Å². The highest BCUT2D eigenvalue weighted by Gasteiger charge is 2.31. The molecule has 1 N–H and O–H groups in total. The van der Waals surface area contributed by atoms with E-state index >= 15 is 0 Å². The second-order valence-corrected chi connectivity index (χ2v) is 9.01. The van der Waals surface area contributed by atoms with Gasteiger partial charge in [-0.3, -0.25) is 10.1 Å². The third kappa shape index (κ3) is 3.90. The van der Waals surface area contributed by atoms with Gasteiger partial charge in [0.1, 0.15) is 10.6 Å². The maximum absolute atomic E-state index is 13.3. The van der Waals surface area contributed by atoms with Crippen LogP contribution in [0.5, 0.6) is 5.75 Å². The highest BCUT2D eigenvalue weighted by atomic mass is 32.2. The molecule has 1 fully saturated rings. The number of nitrogens with zero attached hydrogens (tertiary/aromatic N) is 2. The van der Waals surface area contributed by atoms with Gasteiger partial charge >= 0.3 is 0 Å². The monoisotopic (exact) mass is 407 g/mol. The number of amides is 1. The minimum atomic E-state index is -3.72. The standard InChI is InChI=1S/C19H25N3O5S/c1-12-7-9-22(10-8-12)28(24,25)17-11-15(5-6-16(17)26-4)18-13(2)21-27-19(18)20-14(3)23/h5-6,11-12H,7-10H2,1-4H3,(H,20,23). The molecule has 1 aliphatic heterocycles. The molecule has 3 rings (SSSR count). The maximum Gasteiger partial charge on any atom is 0.246 e. The van der Waals surface area contributed by atoms with E-state index in [0.717, 1.165) is 12.8 Å². The topological polar surface area (TPSA) is 102 Å². The van der Waals surface area contributed by atoms with Crippen LogP contribution in [0.4, 0.5) is 5.88 Å². The van der Waals surface area contributed by atoms with Crippen molar-refractivity contribution >= 4 is 21.8 Å². The lowest BCUT2D eigenvalue weighted by atomic mass is 10.0. The number of aromatic nitrogens is 1. The average molecular weight is 407 g/mol. The molecule has 0 atom stereocenters. The Morgan fingerprint density at radius 2 is 2.00 bits per heavy atom. The van der Waals surface area contributed by atoms with Gasteiger partial charge in [-0.15, -0.1) is 0 Å². The van der Waals surface area contributed by atoms with Gasteiger partial charge < -0.3 is 9.26 Å². The van der Waals surface area contributed by atoms with Crippen molar-refractivity contribution in [2.75, 3.05) is 25.5 Å². The number of methoxy groups -OCH3 is 1. The average Bonchev–Trinajstić information content (AvgIpc) is 3.01. The summed E-state index contributed by atoms with van der Waals surface area (Å²) in [6.07, 6.45) is 1.66. The van der Waals surface area contributed by atoms with Gasteiger partial charge in [-0.2, -0.15) is 4.31 Å². The summed E-state index contributed by atoms with van der Waals surface area (Å²) >= 11 is 0. The molecule has 2 aromatic rings. The quantitative estimate of drug-likeness (QED) is 0.817. The van der Waals surface area contributed by atoms with E-state index in [4.69, 9.17) is 9.26 Å². The number of hydrogen-bond acceptors (Lipinski definition) is 6. The lowest BCUT2D eigenvalue weighted by molar-refractivity contribution is -0.114. The number of benzene rings is 1. The van der Waals surface area contributed by atoms with Crippen molar-refractivity contribution < 1.29 is 22.5 Å². The van der Waals surface area contributed by atoms with Gasteiger partial charge in [0.05, 0.1) is 18.4 Å². The molecule has 1 aliphatic rings. The third-order valence-corrected chi connectivity index (χ3v) is 6.88. The summed E-state index contributed by atoms with van der Waals surface area (Å²) in [6, 6.07) is 4.89. The number of anilines is 1. The van der Waals surface area contributed by atoms with E-state index in [0.29, 0.717) is 35.8 Å². The SMILES string of the molecule is COc1ccc(-c2c(C)noc2NC(C)=O)cc1S(=O)(=O)N1CCC(C)CC1. The molecule has 0 radical (unpaired) electrons. The van der Waals surface area contributed by atoms with Crippen LogP contribution in [0.2, 0.25) is 0 Å². The number of sulfonamides is 1. The number of piperidine rings is 1. The molecule has 0 bridgehead atoms. The molecule has 1 aromatic carbocycles. The molecule has 2 heterocycles. The van der Waals surface area contributed by atoms with Gasteiger partial charge in [0.2, 0.25) is 21.8 Å². The Labute approximate surface area is 164 Å². The molecular weight excluding hydrogens is 382 g/mol. The first-order valence-corrected chi connectivity index (χ1v) is 10.6. The second kappa shape index (κ2) is 7.92. The fourth-order valence-electron chi connectivity index (χ4n) is 3.35. The number of aryl methyl sites for hydroxylation is 1. The second-order valence-electron chi connectivity index (χ2n) is 7.11. The Morgan fingerprint density at radius 1 is 1.32 bits per heavy atom. The molecule has 1 aromatic heterocycles. The van der Waals surface area contributed by atoms with Crippen molar-refractivity contribution in [3.8, 4) is 16.9 Å². The Balaban J connectivity index is 2.07. The van der Waals surface area contributed by atoms with Crippen molar-refractivity contribution in [3.63, 3.8) is 0 Å². The fraction of sp³-hybridized carbons (Fsp3) is 0.474. The van der Waals surface area contributed by atoms with E-state index < -0.39 is 10.0 Å². The van der Waals surface area contributed by atoms with Crippen LogP contribution >= 0.6 is 0 Å². The molecule has 9 heteroatoms. The van der Waals surface area contributed by atoms with Gasteiger partial charge in [-0.25, -0.2) is 8.42 Å². The summed E-state index contributed by atoms with van der Waals surface area (Å²) in [6.45, 7) is 6.20. The van der Waals surface area contributed by atoms with Crippen molar-refractivity contribution in [1.82, 2.24) is 9.46 Å². The third-order valence-electron chi connectivity index (χ3n) is 4.97. The molecule has 28 heavy (non-hydrogen) atoms. The zero-order chi connectivity index (χ0) is 20.5. The molecule has 8 nitrogen and oxygen atoms in total. The summed E-state index contributed by atoms with van der Waals surface area (Å²) < 4.78 is 38.6. The minimum absolute atomic E-state index is 0.0939. The zero-order valence-electron chi connectivity index (χ0n) is 16.5. The van der Waals surface area contributed by atoms with E-state index in [2.05, 4.69) is 17.4 Å². The maximum atomic E-state index is 13.3. The molecule has 1 saturated heterocycles. The number of rotatable bonds is 5. The first kappa shape index (κ1) is 20.3. The molecule has 1 amide bonds. The number of carbonyl (C=O) groups excluding carboxylic acids is 1. The zero-order valence-corrected chi connectivity index (χ0v) is 17.3. The van der Waals surface area contributed by atoms with Crippen LogP contribution in [0.1, 0.15) is 32.4 Å². The van der Waals surface area contributed by atoms with Gasteiger partial charge in [-0.05, 0) is 43.4 Å². The van der Waals surface area contributed by atoms with Crippen molar-refractivity contribution in [2.45, 2.75) is 38.5 Å². The summed E-state index contributed by atoms with van der Waals surface area (Å²) in [4.78, 5) is 11.5. The summed E-state index contributed by atoms with van der Waals surface area (Å²) in [7, 11) is -2.28. The normalized spacial score (nSPS) is 16.1. The number of ether oxygens (including phenoxy) is 1. The van der Waals surface area contributed by atoms with Crippen LogP contribution < -0.4 is 10.1 Å². The van der Waals surface area contributed by atoms with Crippen LogP contribution in [-0.4, -0.2) is 44.0 Å². The number of hydrogen-bond donors (Lipinski definition) is 1. The molecule has 0 saturated carbocycles. The van der Waals surface area contributed by atoms with Gasteiger partial charge in [0.15, 0.2) is 0 Å². The van der Waals surface area contributed by atoms with Crippen LogP contribution in [0.15, 0.2) is 27.6 Å². The minimum Gasteiger partial charge on any atom is -0.495 e. The first-order valence-electron chi connectivity index (χ1n) is 9.16. The van der Waals surface area contributed by atoms with Crippen molar-refractivity contribution in [2.24, 2.45) is 5.92 Å². The Bertz CT molecular complexity index is 975. The van der Waals surface area contributed by atoms with Gasteiger partial charge in [0.25, 0.3) is 0 Å². The Kier molecular flexibility index (Phi) is 5.76. The van der Waals surface area contributed by atoms with Crippen LogP contribution in [0.25, 0.3) is 11.1 Å². The summed E-state index contributed by atoms with van der Waals surface area (Å²) in [5.74, 6) is 0.670. The first-order chi connectivity index (χ1) is 13.2.